The van der Waals surface area contributed by atoms with Crippen molar-refractivity contribution in [2.75, 3.05) is 0 Å². The van der Waals surface area contributed by atoms with Crippen molar-refractivity contribution in [2.24, 2.45) is 0 Å². The van der Waals surface area contributed by atoms with Crippen LogP contribution in [0, 0.1) is 3.70 Å². The zero-order chi connectivity index (χ0) is 10.1. The number of benzene rings is 1. The molecule has 0 amide bonds. The molecule has 1 aromatic carbocycles. The molecule has 0 aliphatic carbocycles. The number of hydrogen-bond acceptors (Lipinski definition) is 2. The van der Waals surface area contributed by atoms with Crippen molar-refractivity contribution in [1.82, 2.24) is 5.27 Å². The molecule has 14 heavy (non-hydrogen) atoms. The molecule has 0 saturated heterocycles. The van der Waals surface area contributed by atoms with Crippen LogP contribution in [0.1, 0.15) is 0 Å². The molecule has 2 aromatic rings. The second-order valence-corrected chi connectivity index (χ2v) is 4.04. The molecule has 0 atom stereocenters. The monoisotopic (exact) mass is 323 g/mol. The minimum absolute atomic E-state index is 0.388. The van der Waals surface area contributed by atoms with Crippen LogP contribution >= 0.6 is 34.2 Å². The summed E-state index contributed by atoms with van der Waals surface area (Å²) in [5.74, 6) is 0. The summed E-state index contributed by atoms with van der Waals surface area (Å²) in [6.45, 7) is 0. The number of hydrogen-bond donors (Lipinski definition) is 1. The second kappa shape index (κ2) is 3.74. The number of nitrogens with zero attached hydrogens (tertiary/aromatic N) is 1. The Morgan fingerprint density at radius 1 is 1.36 bits per heavy atom. The average Bonchev–Trinajstić information content (AvgIpc) is 2.50. The highest BCUT2D eigenvalue weighted by atomic mass is 127. The van der Waals surface area contributed by atoms with Gasteiger partial charge in [-0.1, -0.05) is 11.6 Å². The summed E-state index contributed by atoms with van der Waals surface area (Å²) in [7, 11) is 0. The van der Waals surface area contributed by atoms with E-state index in [1.807, 2.05) is 22.6 Å². The highest BCUT2D eigenvalue weighted by Crippen LogP contribution is 2.09. The number of aromatic amines is 1. The topological polar surface area (TPSA) is 49.9 Å². The van der Waals surface area contributed by atoms with Gasteiger partial charge in [0, 0.05) is 39.7 Å². The Labute approximate surface area is 97.6 Å². The lowest BCUT2D eigenvalue weighted by Crippen LogP contribution is -2.37. The molecule has 0 aliphatic rings. The van der Waals surface area contributed by atoms with E-state index in [2.05, 4.69) is 9.79 Å². The summed E-state index contributed by atoms with van der Waals surface area (Å²) in [5.41, 5.74) is 0.408. The van der Waals surface area contributed by atoms with E-state index in [9.17, 15) is 4.79 Å². The van der Waals surface area contributed by atoms with Crippen LogP contribution in [0.3, 0.4) is 0 Å². The molecule has 0 fully saturated rings. The minimum atomic E-state index is -0.388. The molecular formula is C8H5ClIN2O2+. The van der Waals surface area contributed by atoms with Crippen molar-refractivity contribution in [1.29, 1.82) is 0 Å². The zero-order valence-electron chi connectivity index (χ0n) is 6.83. The molecule has 0 aliphatic heterocycles. The molecule has 1 heterocycles. The predicted octanol–water partition coefficient (Wildman–Crippen LogP) is 1.50. The van der Waals surface area contributed by atoms with Crippen molar-refractivity contribution in [3.05, 3.63) is 43.4 Å². The highest BCUT2D eigenvalue weighted by molar-refractivity contribution is 14.1. The van der Waals surface area contributed by atoms with Crippen LogP contribution in [0.4, 0.5) is 0 Å². The van der Waals surface area contributed by atoms with E-state index < -0.39 is 0 Å². The van der Waals surface area contributed by atoms with E-state index >= 15 is 0 Å². The van der Waals surface area contributed by atoms with Gasteiger partial charge in [-0.15, -0.1) is 0 Å². The van der Waals surface area contributed by atoms with Gasteiger partial charge < -0.3 is 0 Å². The molecule has 0 radical (unpaired) electrons. The summed E-state index contributed by atoms with van der Waals surface area (Å²) < 4.78 is 6.63. The maximum absolute atomic E-state index is 11.0. The summed E-state index contributed by atoms with van der Waals surface area (Å²) in [5, 5.41) is 3.14. The first-order valence-corrected chi connectivity index (χ1v) is 5.19. The van der Waals surface area contributed by atoms with Crippen LogP contribution < -0.4 is 10.3 Å². The van der Waals surface area contributed by atoms with Gasteiger partial charge in [-0.25, -0.2) is 4.79 Å². The van der Waals surface area contributed by atoms with Crippen LogP contribution in [0.5, 0.6) is 0 Å². The zero-order valence-corrected chi connectivity index (χ0v) is 9.74. The molecule has 72 valence electrons. The van der Waals surface area contributed by atoms with Crippen molar-refractivity contribution >= 4 is 34.2 Å². The van der Waals surface area contributed by atoms with E-state index in [1.54, 1.807) is 28.9 Å². The maximum Gasteiger partial charge on any atom is 0.441 e. The number of rotatable bonds is 1. The number of halogens is 2. The lowest BCUT2D eigenvalue weighted by atomic mass is 10.3. The smallest absolute Gasteiger partial charge is 0.282 e. The van der Waals surface area contributed by atoms with E-state index in [0.717, 1.165) is 5.69 Å². The Kier molecular flexibility index (Phi) is 2.60. The Morgan fingerprint density at radius 3 is 2.50 bits per heavy atom. The van der Waals surface area contributed by atoms with Crippen LogP contribution in [-0.4, -0.2) is 5.27 Å². The number of aromatic nitrogens is 2. The molecule has 6 heteroatoms. The quantitative estimate of drug-likeness (QED) is 0.639. The molecule has 4 nitrogen and oxygen atoms in total. The number of H-pyrrole nitrogens is 1. The molecular weight excluding hydrogens is 318 g/mol. The summed E-state index contributed by atoms with van der Waals surface area (Å²) in [6, 6.07) is 7.06. The molecule has 1 N–H and O–H groups in total. The lowest BCUT2D eigenvalue weighted by Gasteiger charge is -1.89. The first kappa shape index (κ1) is 9.72. The van der Waals surface area contributed by atoms with Gasteiger partial charge in [-0.3, -0.25) is 4.52 Å². The van der Waals surface area contributed by atoms with Crippen molar-refractivity contribution in [3.8, 4) is 5.69 Å². The van der Waals surface area contributed by atoms with Gasteiger partial charge in [-0.05, 0) is 22.1 Å². The van der Waals surface area contributed by atoms with Crippen LogP contribution in [0.25, 0.3) is 5.69 Å². The van der Waals surface area contributed by atoms with E-state index in [1.165, 1.54) is 0 Å². The van der Waals surface area contributed by atoms with E-state index in [-0.39, 0.29) is 5.63 Å². The predicted molar refractivity (Wildman–Crippen MR) is 58.6 cm³/mol. The number of nitrogens with one attached hydrogen (secondary N) is 1. The molecule has 0 bridgehead atoms. The van der Waals surface area contributed by atoms with Gasteiger partial charge in [0.15, 0.2) is 0 Å². The van der Waals surface area contributed by atoms with E-state index in [0.29, 0.717) is 8.72 Å². The fourth-order valence-electron chi connectivity index (χ4n) is 1.02. The molecule has 0 saturated carbocycles. The molecule has 0 spiro atoms. The highest BCUT2D eigenvalue weighted by Gasteiger charge is 2.19. The fourth-order valence-corrected chi connectivity index (χ4v) is 1.63. The maximum atomic E-state index is 11.0. The Hall–Kier alpha value is -0.820. The Balaban J connectivity index is 2.55. The van der Waals surface area contributed by atoms with Crippen LogP contribution in [-0.2, 0) is 0 Å². The van der Waals surface area contributed by atoms with Gasteiger partial charge in [-0.2, -0.15) is 0 Å². The molecule has 1 aromatic heterocycles. The standard InChI is InChI=1S/C8H4ClIN2O2/c9-5-1-3-6(4-2-5)12-7(10)8(13)14-11-12/h1-4H/p+1. The van der Waals surface area contributed by atoms with Crippen LogP contribution in [0.15, 0.2) is 33.6 Å². The fraction of sp³-hybridized carbons (Fsp3) is 0. The largest absolute Gasteiger partial charge is 0.441 e. The van der Waals surface area contributed by atoms with Crippen molar-refractivity contribution in [3.63, 3.8) is 0 Å². The van der Waals surface area contributed by atoms with Gasteiger partial charge in [0.2, 0.25) is 5.69 Å². The normalized spacial score (nSPS) is 10.4. The third-order valence-electron chi connectivity index (χ3n) is 1.68. The van der Waals surface area contributed by atoms with Gasteiger partial charge in [0.1, 0.15) is 0 Å². The lowest BCUT2D eigenvalue weighted by molar-refractivity contribution is -0.682. The molecule has 0 unspecified atom stereocenters. The Bertz CT molecular complexity index is 503. The summed E-state index contributed by atoms with van der Waals surface area (Å²) in [6.07, 6.45) is 0. The van der Waals surface area contributed by atoms with Crippen molar-refractivity contribution < 1.29 is 9.20 Å². The van der Waals surface area contributed by atoms with Crippen molar-refractivity contribution in [2.45, 2.75) is 0 Å². The van der Waals surface area contributed by atoms with Gasteiger partial charge >= 0.3 is 9.33 Å². The average molecular weight is 323 g/mol. The first-order valence-electron chi connectivity index (χ1n) is 3.73. The third kappa shape index (κ3) is 1.69. The van der Waals surface area contributed by atoms with Gasteiger partial charge in [0.05, 0.1) is 0 Å². The summed E-state index contributed by atoms with van der Waals surface area (Å²) >= 11 is 7.64. The third-order valence-corrected chi connectivity index (χ3v) is 2.85. The second-order valence-electron chi connectivity index (χ2n) is 2.58. The summed E-state index contributed by atoms with van der Waals surface area (Å²) in [4.78, 5) is 11.0. The SMILES string of the molecule is O=c1o[nH][n+](-c2ccc(Cl)cc2)c1I. The van der Waals surface area contributed by atoms with E-state index in [4.69, 9.17) is 11.6 Å². The van der Waals surface area contributed by atoms with Crippen LogP contribution in [0.2, 0.25) is 5.02 Å². The Morgan fingerprint density at radius 2 is 2.00 bits per heavy atom. The van der Waals surface area contributed by atoms with Gasteiger partial charge in [0.25, 0.3) is 0 Å². The molecule has 2 rings (SSSR count). The minimum Gasteiger partial charge on any atom is -0.282 e. The first-order chi connectivity index (χ1) is 6.68.